The van der Waals surface area contributed by atoms with Crippen LogP contribution in [0.3, 0.4) is 0 Å². The molecule has 0 spiro atoms. The van der Waals surface area contributed by atoms with Crippen LogP contribution in [-0.2, 0) is 4.79 Å². The summed E-state index contributed by atoms with van der Waals surface area (Å²) in [5, 5.41) is 3.47. The zero-order valence-electron chi connectivity index (χ0n) is 5.94. The normalized spacial score (nSPS) is 13.2. The van der Waals surface area contributed by atoms with Crippen LogP contribution in [0.5, 0.6) is 0 Å². The summed E-state index contributed by atoms with van der Waals surface area (Å²) in [6.07, 6.45) is 1.48. The average Bonchev–Trinajstić information content (AvgIpc) is 2.50. The highest BCUT2D eigenvalue weighted by Crippen LogP contribution is 2.38. The molecular formula is C7H4N3OS. The molecule has 59 valence electrons. The molecule has 1 aromatic rings. The van der Waals surface area contributed by atoms with Crippen LogP contribution in [0, 0.1) is 6.07 Å². The van der Waals surface area contributed by atoms with E-state index >= 15 is 0 Å². The van der Waals surface area contributed by atoms with Crippen LogP contribution < -0.4 is 9.14 Å². The number of hydrogen-bond donors (Lipinski definition) is 1. The molecule has 1 radical (unpaired) electrons. The Balaban J connectivity index is 2.42. The third kappa shape index (κ3) is 1.05. The number of hydrogen-bond acceptors (Lipinski definition) is 5. The Bertz CT molecular complexity index is 348. The summed E-state index contributed by atoms with van der Waals surface area (Å²) in [5.74, 6) is 0. The minimum absolute atomic E-state index is 0.825. The maximum atomic E-state index is 9.99. The Morgan fingerprint density at radius 2 is 2.67 bits per heavy atom. The van der Waals surface area contributed by atoms with Crippen LogP contribution in [0.2, 0.25) is 0 Å². The molecule has 5 heteroatoms. The van der Waals surface area contributed by atoms with E-state index in [0.717, 1.165) is 11.4 Å². The molecule has 0 bridgehead atoms. The molecule has 12 heavy (non-hydrogen) atoms. The molecule has 0 fully saturated rings. The molecule has 2 rings (SSSR count). The summed E-state index contributed by atoms with van der Waals surface area (Å²) in [6, 6.07) is 8.45. The SMILES string of the molecule is O=C=NN1SNc2[c]cccc21. The smallest absolute Gasteiger partial charge is 0.259 e. The van der Waals surface area contributed by atoms with Gasteiger partial charge in [0.2, 0.25) is 0 Å². The van der Waals surface area contributed by atoms with Gasteiger partial charge in [0.1, 0.15) is 0 Å². The van der Waals surface area contributed by atoms with Crippen molar-refractivity contribution in [2.45, 2.75) is 0 Å². The molecule has 0 saturated carbocycles. The van der Waals surface area contributed by atoms with Crippen molar-refractivity contribution in [1.29, 1.82) is 0 Å². The van der Waals surface area contributed by atoms with Crippen LogP contribution in [0.1, 0.15) is 0 Å². The van der Waals surface area contributed by atoms with E-state index in [9.17, 15) is 4.79 Å². The molecule has 0 saturated heterocycles. The summed E-state index contributed by atoms with van der Waals surface area (Å²) < 4.78 is 4.41. The molecule has 0 amide bonds. The van der Waals surface area contributed by atoms with Crippen molar-refractivity contribution in [2.24, 2.45) is 5.10 Å². The second-order valence-electron chi connectivity index (χ2n) is 2.09. The van der Waals surface area contributed by atoms with Gasteiger partial charge in [-0.1, -0.05) is 17.2 Å². The predicted octanol–water partition coefficient (Wildman–Crippen LogP) is 1.53. The van der Waals surface area contributed by atoms with E-state index in [1.54, 1.807) is 6.07 Å². The summed E-state index contributed by atoms with van der Waals surface area (Å²) in [6.45, 7) is 0. The summed E-state index contributed by atoms with van der Waals surface area (Å²) >= 11 is 1.22. The lowest BCUT2D eigenvalue weighted by Gasteiger charge is -2.03. The second kappa shape index (κ2) is 2.89. The van der Waals surface area contributed by atoms with E-state index in [1.165, 1.54) is 22.6 Å². The molecule has 1 N–H and O–H groups in total. The highest BCUT2D eigenvalue weighted by Gasteiger charge is 2.18. The van der Waals surface area contributed by atoms with Gasteiger partial charge in [0.05, 0.1) is 23.5 Å². The monoisotopic (exact) mass is 178 g/mol. The van der Waals surface area contributed by atoms with E-state index in [0.29, 0.717) is 0 Å². The number of fused-ring (bicyclic) bond motifs is 1. The Kier molecular flexibility index (Phi) is 1.74. The largest absolute Gasteiger partial charge is 0.308 e. The zero-order chi connectivity index (χ0) is 8.39. The molecule has 1 aromatic carbocycles. The van der Waals surface area contributed by atoms with Gasteiger partial charge < -0.3 is 4.72 Å². The number of anilines is 2. The van der Waals surface area contributed by atoms with Crippen molar-refractivity contribution >= 4 is 29.6 Å². The van der Waals surface area contributed by atoms with Crippen LogP contribution in [0.25, 0.3) is 0 Å². The molecule has 0 aromatic heterocycles. The highest BCUT2D eigenvalue weighted by atomic mass is 32.2. The van der Waals surface area contributed by atoms with Crippen molar-refractivity contribution in [3.8, 4) is 0 Å². The Morgan fingerprint density at radius 3 is 3.50 bits per heavy atom. The molecule has 0 atom stereocenters. The van der Waals surface area contributed by atoms with E-state index in [1.807, 2.05) is 12.1 Å². The topological polar surface area (TPSA) is 44.7 Å². The number of carbonyl (C=O) groups excluding carboxylic acids is 1. The quantitative estimate of drug-likeness (QED) is 0.402. The predicted molar refractivity (Wildman–Crippen MR) is 47.1 cm³/mol. The average molecular weight is 178 g/mol. The van der Waals surface area contributed by atoms with Gasteiger partial charge in [0.25, 0.3) is 6.08 Å². The van der Waals surface area contributed by atoms with Gasteiger partial charge in [-0.3, -0.25) is 0 Å². The fraction of sp³-hybridized carbons (Fsp3) is 0. The second-order valence-corrected chi connectivity index (χ2v) is 2.82. The fourth-order valence-corrected chi connectivity index (χ4v) is 1.58. The number of nitrogens with zero attached hydrogens (tertiary/aromatic N) is 2. The fourth-order valence-electron chi connectivity index (χ4n) is 0.919. The third-order valence-electron chi connectivity index (χ3n) is 1.41. The van der Waals surface area contributed by atoms with Gasteiger partial charge >= 0.3 is 0 Å². The lowest BCUT2D eigenvalue weighted by atomic mass is 10.3. The van der Waals surface area contributed by atoms with Crippen LogP contribution in [0.4, 0.5) is 11.4 Å². The van der Waals surface area contributed by atoms with Gasteiger partial charge in [-0.05, 0) is 6.07 Å². The Hall–Kier alpha value is -1.45. The first-order chi connectivity index (χ1) is 5.92. The van der Waals surface area contributed by atoms with Crippen molar-refractivity contribution in [3.05, 3.63) is 24.3 Å². The van der Waals surface area contributed by atoms with Crippen molar-refractivity contribution < 1.29 is 4.79 Å². The summed E-state index contributed by atoms with van der Waals surface area (Å²) in [7, 11) is 0. The van der Waals surface area contributed by atoms with Gasteiger partial charge in [-0.15, -0.1) is 0 Å². The van der Waals surface area contributed by atoms with Crippen LogP contribution in [0.15, 0.2) is 23.3 Å². The summed E-state index contributed by atoms with van der Waals surface area (Å²) in [5.41, 5.74) is 1.66. The maximum absolute atomic E-state index is 9.99. The van der Waals surface area contributed by atoms with Crippen LogP contribution >= 0.6 is 12.1 Å². The lowest BCUT2D eigenvalue weighted by molar-refractivity contribution is 0.563. The highest BCUT2D eigenvalue weighted by molar-refractivity contribution is 8.02. The third-order valence-corrected chi connectivity index (χ3v) is 2.15. The van der Waals surface area contributed by atoms with Gasteiger partial charge in [-0.2, -0.15) is 4.41 Å². The first-order valence-corrected chi connectivity index (χ1v) is 4.01. The molecule has 0 unspecified atom stereocenters. The number of hydrazone groups is 1. The van der Waals surface area contributed by atoms with Crippen molar-refractivity contribution in [3.63, 3.8) is 0 Å². The molecular weight excluding hydrogens is 174 g/mol. The summed E-state index contributed by atoms with van der Waals surface area (Å²) in [4.78, 5) is 9.99. The van der Waals surface area contributed by atoms with Gasteiger partial charge in [0, 0.05) is 6.07 Å². The van der Waals surface area contributed by atoms with Crippen molar-refractivity contribution in [1.82, 2.24) is 0 Å². The van der Waals surface area contributed by atoms with Gasteiger partial charge in [0.15, 0.2) is 0 Å². The standard InChI is InChI=1S/C7H4N3OS/c11-5-8-10-7-4-2-1-3-6(7)9-12-10/h1-2,4,9H. The number of isocyanates is 1. The number of nitrogens with one attached hydrogen (secondary N) is 1. The van der Waals surface area contributed by atoms with Crippen molar-refractivity contribution in [2.75, 3.05) is 9.14 Å². The number of rotatable bonds is 1. The molecule has 1 aliphatic heterocycles. The molecule has 4 nitrogen and oxygen atoms in total. The van der Waals surface area contributed by atoms with Gasteiger partial charge in [-0.25, -0.2) is 4.79 Å². The Morgan fingerprint density at radius 1 is 1.75 bits per heavy atom. The first-order valence-electron chi connectivity index (χ1n) is 3.23. The van der Waals surface area contributed by atoms with E-state index in [4.69, 9.17) is 0 Å². The van der Waals surface area contributed by atoms with Crippen LogP contribution in [-0.4, -0.2) is 6.08 Å². The van der Waals surface area contributed by atoms with E-state index in [2.05, 4.69) is 15.9 Å². The van der Waals surface area contributed by atoms with E-state index < -0.39 is 0 Å². The Labute approximate surface area is 73.5 Å². The molecule has 1 aliphatic rings. The lowest BCUT2D eigenvalue weighted by Crippen LogP contribution is -1.99. The molecule has 0 aliphatic carbocycles. The maximum Gasteiger partial charge on any atom is 0.259 e. The number of benzene rings is 1. The molecule has 1 heterocycles. The minimum atomic E-state index is 0.825. The minimum Gasteiger partial charge on any atom is -0.308 e. The van der Waals surface area contributed by atoms with E-state index in [-0.39, 0.29) is 0 Å². The zero-order valence-corrected chi connectivity index (χ0v) is 6.76. The number of para-hydroxylation sites is 1. The first kappa shape index (κ1) is 7.21.